The molecule has 0 bridgehead atoms. The molecule has 1 aromatic carbocycles. The van der Waals surface area contributed by atoms with Gasteiger partial charge in [0.25, 0.3) is 0 Å². The third-order valence-corrected chi connectivity index (χ3v) is 2.23. The van der Waals surface area contributed by atoms with E-state index in [0.717, 1.165) is 16.9 Å². The van der Waals surface area contributed by atoms with Gasteiger partial charge in [0.05, 0.1) is 13.3 Å². The first-order valence-electron chi connectivity index (χ1n) is 5.01. The molecule has 1 aromatic rings. The zero-order valence-corrected chi connectivity index (χ0v) is 9.00. The van der Waals surface area contributed by atoms with Gasteiger partial charge in [0, 0.05) is 11.5 Å². The minimum atomic E-state index is -0.476. The molecule has 15 heavy (non-hydrogen) atoms. The van der Waals surface area contributed by atoms with Crippen molar-refractivity contribution in [2.75, 3.05) is 13.3 Å². The molecule has 0 N–H and O–H groups in total. The third-order valence-electron chi connectivity index (χ3n) is 2.23. The smallest absolute Gasteiger partial charge is 0.126 e. The minimum absolute atomic E-state index is 0.363. The molecule has 1 nitrogen and oxygen atoms in total. The second kappa shape index (κ2) is 5.54. The quantitative estimate of drug-likeness (QED) is 0.716. The Labute approximate surface area is 90.6 Å². The Balaban J connectivity index is 3.15. The van der Waals surface area contributed by atoms with Gasteiger partial charge >= 0.3 is 0 Å². The van der Waals surface area contributed by atoms with E-state index in [0.29, 0.717) is 6.61 Å². The van der Waals surface area contributed by atoms with E-state index in [2.05, 4.69) is 13.5 Å². The van der Waals surface area contributed by atoms with Crippen molar-refractivity contribution in [1.82, 2.24) is 0 Å². The van der Waals surface area contributed by atoms with E-state index in [1.54, 1.807) is 6.08 Å². The first kappa shape index (κ1) is 11.8. The van der Waals surface area contributed by atoms with E-state index >= 15 is 0 Å². The highest BCUT2D eigenvalue weighted by molar-refractivity contribution is 5.61. The van der Waals surface area contributed by atoms with Crippen LogP contribution in [0.25, 0.3) is 6.08 Å². The maximum Gasteiger partial charge on any atom is 0.126 e. The van der Waals surface area contributed by atoms with Gasteiger partial charge in [-0.15, -0.1) is 0 Å². The molecule has 0 aliphatic heterocycles. The molecule has 1 rings (SSSR count). The van der Waals surface area contributed by atoms with Gasteiger partial charge in [-0.05, 0) is 25.5 Å². The van der Waals surface area contributed by atoms with Crippen molar-refractivity contribution < 1.29 is 9.13 Å². The van der Waals surface area contributed by atoms with E-state index in [1.165, 1.54) is 0 Å². The van der Waals surface area contributed by atoms with Gasteiger partial charge in [0.15, 0.2) is 0 Å². The Kier molecular flexibility index (Phi) is 4.35. The van der Waals surface area contributed by atoms with E-state index in [-0.39, 0.29) is 5.92 Å². The second-order valence-corrected chi connectivity index (χ2v) is 3.25. The Morgan fingerprint density at radius 2 is 2.27 bits per heavy atom. The van der Waals surface area contributed by atoms with E-state index in [4.69, 9.17) is 4.74 Å². The van der Waals surface area contributed by atoms with Gasteiger partial charge < -0.3 is 4.74 Å². The molecule has 0 saturated heterocycles. The lowest BCUT2D eigenvalue weighted by atomic mass is 9.96. The molecule has 2 heteroatoms. The van der Waals surface area contributed by atoms with Gasteiger partial charge in [-0.25, -0.2) is 0 Å². The van der Waals surface area contributed by atoms with Crippen LogP contribution in [0.4, 0.5) is 4.39 Å². The van der Waals surface area contributed by atoms with Crippen LogP contribution in [-0.4, -0.2) is 13.3 Å². The highest BCUT2D eigenvalue weighted by Crippen LogP contribution is 2.29. The number of ether oxygens (including phenoxy) is 1. The lowest BCUT2D eigenvalue weighted by Gasteiger charge is -2.15. The molecule has 0 aliphatic carbocycles. The molecule has 0 amide bonds. The van der Waals surface area contributed by atoms with Crippen molar-refractivity contribution in [3.8, 4) is 5.75 Å². The summed E-state index contributed by atoms with van der Waals surface area (Å²) in [6, 6.07) is 5.56. The first-order valence-corrected chi connectivity index (χ1v) is 5.01. The minimum Gasteiger partial charge on any atom is -0.493 e. The van der Waals surface area contributed by atoms with E-state index in [9.17, 15) is 4.39 Å². The number of halogens is 1. The number of rotatable bonds is 5. The van der Waals surface area contributed by atoms with Crippen LogP contribution in [0.1, 0.15) is 24.0 Å². The van der Waals surface area contributed by atoms with Crippen molar-refractivity contribution in [3.05, 3.63) is 42.8 Å². The fourth-order valence-corrected chi connectivity index (χ4v) is 1.50. The number of hydrogen-bond acceptors (Lipinski definition) is 1. The summed E-state index contributed by atoms with van der Waals surface area (Å²) in [6.45, 7) is 9.50. The van der Waals surface area contributed by atoms with Crippen LogP contribution in [0.3, 0.4) is 0 Å². The van der Waals surface area contributed by atoms with Crippen molar-refractivity contribution >= 4 is 6.08 Å². The second-order valence-electron chi connectivity index (χ2n) is 3.25. The third kappa shape index (κ3) is 2.58. The fraction of sp³-hybridized carbons (Fsp3) is 0.308. The van der Waals surface area contributed by atoms with Crippen LogP contribution in [0.15, 0.2) is 24.8 Å². The standard InChI is InChI=1S/C13H16FO/c1-4-11-12(10(3)9-14)7-6-8-13(11)15-5-2/h4,6-8,10H,1,3,5,9H2,2H3. The first-order chi connectivity index (χ1) is 7.24. The van der Waals surface area contributed by atoms with Gasteiger partial charge in [-0.2, -0.15) is 0 Å². The Morgan fingerprint density at radius 1 is 1.53 bits per heavy atom. The van der Waals surface area contributed by atoms with Crippen molar-refractivity contribution in [2.24, 2.45) is 0 Å². The predicted molar refractivity (Wildman–Crippen MR) is 61.8 cm³/mol. The topological polar surface area (TPSA) is 9.23 Å². The van der Waals surface area contributed by atoms with E-state index in [1.807, 2.05) is 25.1 Å². The van der Waals surface area contributed by atoms with Gasteiger partial charge in [-0.1, -0.05) is 24.8 Å². The number of benzene rings is 1. The zero-order chi connectivity index (χ0) is 11.3. The van der Waals surface area contributed by atoms with Gasteiger partial charge in [0.2, 0.25) is 0 Å². The van der Waals surface area contributed by atoms with Crippen LogP contribution in [0, 0.1) is 6.92 Å². The highest BCUT2D eigenvalue weighted by atomic mass is 19.1. The SMILES string of the molecule is [CH2]C(CF)c1cccc(OCC)c1C=C. The van der Waals surface area contributed by atoms with Crippen LogP contribution in [0.5, 0.6) is 5.75 Å². The van der Waals surface area contributed by atoms with Crippen molar-refractivity contribution in [1.29, 1.82) is 0 Å². The summed E-state index contributed by atoms with van der Waals surface area (Å²) in [5.41, 5.74) is 1.69. The molecule has 0 aliphatic rings. The summed E-state index contributed by atoms with van der Waals surface area (Å²) in [6.07, 6.45) is 1.69. The molecule has 0 spiro atoms. The lowest BCUT2D eigenvalue weighted by Crippen LogP contribution is -2.02. The average Bonchev–Trinajstić information content (AvgIpc) is 2.28. The molecular formula is C13H16FO. The maximum absolute atomic E-state index is 12.6. The molecule has 1 radical (unpaired) electrons. The Hall–Kier alpha value is -1.31. The van der Waals surface area contributed by atoms with E-state index < -0.39 is 6.67 Å². The molecule has 0 heterocycles. The highest BCUT2D eigenvalue weighted by Gasteiger charge is 2.12. The van der Waals surface area contributed by atoms with Crippen LogP contribution in [0.2, 0.25) is 0 Å². The van der Waals surface area contributed by atoms with Crippen LogP contribution >= 0.6 is 0 Å². The largest absolute Gasteiger partial charge is 0.493 e. The predicted octanol–water partition coefficient (Wildman–Crippen LogP) is 3.62. The zero-order valence-electron chi connectivity index (χ0n) is 9.00. The Morgan fingerprint density at radius 3 is 2.80 bits per heavy atom. The van der Waals surface area contributed by atoms with Crippen molar-refractivity contribution in [3.63, 3.8) is 0 Å². The molecule has 0 fully saturated rings. The molecule has 81 valence electrons. The fourth-order valence-electron chi connectivity index (χ4n) is 1.50. The maximum atomic E-state index is 12.6. The molecule has 0 aromatic heterocycles. The van der Waals surface area contributed by atoms with Crippen molar-refractivity contribution in [2.45, 2.75) is 12.8 Å². The summed E-state index contributed by atoms with van der Waals surface area (Å²) in [5, 5.41) is 0. The monoisotopic (exact) mass is 207 g/mol. The molecular weight excluding hydrogens is 191 g/mol. The normalized spacial score (nSPS) is 12.2. The van der Waals surface area contributed by atoms with Gasteiger partial charge in [-0.3, -0.25) is 4.39 Å². The molecule has 0 saturated carbocycles. The summed E-state index contributed by atoms with van der Waals surface area (Å²) >= 11 is 0. The summed E-state index contributed by atoms with van der Waals surface area (Å²) in [5.74, 6) is 0.380. The lowest BCUT2D eigenvalue weighted by molar-refractivity contribution is 0.338. The summed E-state index contributed by atoms with van der Waals surface area (Å²) in [7, 11) is 0. The molecule has 1 atom stereocenters. The Bertz CT molecular complexity index is 333. The van der Waals surface area contributed by atoms with Crippen LogP contribution in [-0.2, 0) is 0 Å². The summed E-state index contributed by atoms with van der Waals surface area (Å²) in [4.78, 5) is 0. The average molecular weight is 207 g/mol. The van der Waals surface area contributed by atoms with Gasteiger partial charge in [0.1, 0.15) is 5.75 Å². The number of hydrogen-bond donors (Lipinski definition) is 0. The number of alkyl halides is 1. The summed E-state index contributed by atoms with van der Waals surface area (Å²) < 4.78 is 18.0. The molecule has 1 unspecified atom stereocenters. The van der Waals surface area contributed by atoms with Crippen LogP contribution < -0.4 is 4.74 Å².